The largest absolute Gasteiger partial charge is 0.504 e. The smallest absolute Gasteiger partial charge is 0.348 e. The lowest BCUT2D eigenvalue weighted by Gasteiger charge is -2.07. The number of carbonyl (C=O) groups is 1. The number of aromatic hydroxyl groups is 1. The summed E-state index contributed by atoms with van der Waals surface area (Å²) in [4.78, 5) is 11.5. The van der Waals surface area contributed by atoms with E-state index in [4.69, 9.17) is 14.7 Å². The first-order valence-electron chi connectivity index (χ1n) is 5.38. The van der Waals surface area contributed by atoms with Crippen LogP contribution in [0.4, 0.5) is 0 Å². The molecule has 0 aromatic heterocycles. The predicted octanol–water partition coefficient (Wildman–Crippen LogP) is 2.63. The van der Waals surface area contributed by atoms with E-state index in [1.165, 1.54) is 13.2 Å². The van der Waals surface area contributed by atoms with Gasteiger partial charge in [0.2, 0.25) is 0 Å². The lowest BCUT2D eigenvalue weighted by atomic mass is 10.1. The van der Waals surface area contributed by atoms with Gasteiger partial charge in [-0.3, -0.25) is 0 Å². The van der Waals surface area contributed by atoms with Gasteiger partial charge in [0, 0.05) is 10.0 Å². The SMILES string of the molecule is CCOC(=O)/C(C#N)=C/c1cc(Br)cc(OC)c1O. The highest BCUT2D eigenvalue weighted by molar-refractivity contribution is 9.10. The molecule has 1 rings (SSSR count). The number of esters is 1. The fraction of sp³-hybridized carbons (Fsp3) is 0.231. The Kier molecular flexibility index (Phi) is 5.39. The third kappa shape index (κ3) is 3.73. The normalized spacial score (nSPS) is 10.7. The van der Waals surface area contributed by atoms with Gasteiger partial charge < -0.3 is 14.6 Å². The van der Waals surface area contributed by atoms with Crippen LogP contribution in [-0.4, -0.2) is 24.8 Å². The van der Waals surface area contributed by atoms with Gasteiger partial charge >= 0.3 is 5.97 Å². The van der Waals surface area contributed by atoms with Gasteiger partial charge in [-0.1, -0.05) is 15.9 Å². The van der Waals surface area contributed by atoms with Gasteiger partial charge in [0.05, 0.1) is 13.7 Å². The summed E-state index contributed by atoms with van der Waals surface area (Å²) in [7, 11) is 1.41. The molecule has 0 saturated heterocycles. The summed E-state index contributed by atoms with van der Waals surface area (Å²) in [6.45, 7) is 1.82. The molecular weight excluding hydrogens is 314 g/mol. The fourth-order valence-corrected chi connectivity index (χ4v) is 1.82. The third-order valence-corrected chi connectivity index (χ3v) is 2.66. The Morgan fingerprint density at radius 3 is 2.79 bits per heavy atom. The quantitative estimate of drug-likeness (QED) is 0.523. The van der Waals surface area contributed by atoms with Gasteiger partial charge in [0.15, 0.2) is 11.5 Å². The van der Waals surface area contributed by atoms with Crippen molar-refractivity contribution in [2.24, 2.45) is 0 Å². The highest BCUT2D eigenvalue weighted by Crippen LogP contribution is 2.34. The maximum atomic E-state index is 11.5. The Morgan fingerprint density at radius 1 is 1.58 bits per heavy atom. The van der Waals surface area contributed by atoms with Gasteiger partial charge in [-0.15, -0.1) is 0 Å². The van der Waals surface area contributed by atoms with E-state index in [0.29, 0.717) is 4.47 Å². The minimum Gasteiger partial charge on any atom is -0.504 e. The van der Waals surface area contributed by atoms with Crippen LogP contribution >= 0.6 is 15.9 Å². The Balaban J connectivity index is 3.26. The number of methoxy groups -OCH3 is 1. The van der Waals surface area contributed by atoms with Crippen molar-refractivity contribution in [3.63, 3.8) is 0 Å². The van der Waals surface area contributed by atoms with E-state index in [0.717, 1.165) is 0 Å². The molecule has 0 fully saturated rings. The maximum absolute atomic E-state index is 11.5. The van der Waals surface area contributed by atoms with Crippen LogP contribution in [-0.2, 0) is 9.53 Å². The van der Waals surface area contributed by atoms with Crippen LogP contribution in [0.25, 0.3) is 6.08 Å². The van der Waals surface area contributed by atoms with Crippen LogP contribution in [0.5, 0.6) is 11.5 Å². The number of nitrogens with zero attached hydrogens (tertiary/aromatic N) is 1. The highest BCUT2D eigenvalue weighted by atomic mass is 79.9. The van der Waals surface area contributed by atoms with Gasteiger partial charge in [0.1, 0.15) is 11.6 Å². The summed E-state index contributed by atoms with van der Waals surface area (Å²) < 4.78 is 10.4. The van der Waals surface area contributed by atoms with Crippen LogP contribution in [0.1, 0.15) is 12.5 Å². The molecule has 1 aromatic carbocycles. The minimum absolute atomic E-state index is 0.150. The lowest BCUT2D eigenvalue weighted by molar-refractivity contribution is -0.137. The number of benzene rings is 1. The number of phenolic OH excluding ortho intramolecular Hbond substituents is 1. The number of phenols is 1. The van der Waals surface area contributed by atoms with Gasteiger partial charge in [-0.2, -0.15) is 5.26 Å². The summed E-state index contributed by atoms with van der Waals surface area (Å²) in [5, 5.41) is 18.8. The van der Waals surface area contributed by atoms with Crippen LogP contribution in [0.15, 0.2) is 22.2 Å². The van der Waals surface area contributed by atoms with E-state index in [2.05, 4.69) is 15.9 Å². The number of halogens is 1. The molecule has 1 aromatic rings. The number of carbonyl (C=O) groups excluding carboxylic acids is 1. The van der Waals surface area contributed by atoms with Crippen molar-refractivity contribution in [2.75, 3.05) is 13.7 Å². The first kappa shape index (κ1) is 15.1. The molecule has 1 N–H and O–H groups in total. The van der Waals surface area contributed by atoms with E-state index in [1.54, 1.807) is 25.1 Å². The second-order valence-electron chi connectivity index (χ2n) is 3.44. The van der Waals surface area contributed by atoms with Crippen molar-refractivity contribution in [1.29, 1.82) is 5.26 Å². The first-order chi connectivity index (χ1) is 9.03. The molecule has 0 aliphatic heterocycles. The van der Waals surface area contributed by atoms with Crippen molar-refractivity contribution in [2.45, 2.75) is 6.92 Å². The number of hydrogen-bond acceptors (Lipinski definition) is 5. The van der Waals surface area contributed by atoms with Crippen LogP contribution in [0.3, 0.4) is 0 Å². The molecule has 0 heterocycles. The molecule has 0 atom stereocenters. The second-order valence-corrected chi connectivity index (χ2v) is 4.35. The molecule has 0 spiro atoms. The molecule has 0 unspecified atom stereocenters. The molecule has 5 nitrogen and oxygen atoms in total. The fourth-order valence-electron chi connectivity index (χ4n) is 1.36. The minimum atomic E-state index is -0.733. The summed E-state index contributed by atoms with van der Waals surface area (Å²) >= 11 is 3.25. The molecule has 19 heavy (non-hydrogen) atoms. The molecule has 0 aliphatic carbocycles. The van der Waals surface area contributed by atoms with Crippen molar-refractivity contribution in [3.8, 4) is 17.6 Å². The molecule has 0 saturated carbocycles. The van der Waals surface area contributed by atoms with Crippen molar-refractivity contribution in [1.82, 2.24) is 0 Å². The molecule has 6 heteroatoms. The van der Waals surface area contributed by atoms with Gasteiger partial charge in [-0.25, -0.2) is 4.79 Å². The van der Waals surface area contributed by atoms with Crippen LogP contribution in [0, 0.1) is 11.3 Å². The molecule has 100 valence electrons. The summed E-state index contributed by atoms with van der Waals surface area (Å²) in [5.74, 6) is -0.645. The first-order valence-corrected chi connectivity index (χ1v) is 6.18. The monoisotopic (exact) mass is 325 g/mol. The zero-order valence-corrected chi connectivity index (χ0v) is 12.0. The van der Waals surface area contributed by atoms with Crippen LogP contribution in [0.2, 0.25) is 0 Å². The Labute approximate surface area is 119 Å². The zero-order valence-electron chi connectivity index (χ0n) is 10.4. The lowest BCUT2D eigenvalue weighted by Crippen LogP contribution is -2.06. The summed E-state index contributed by atoms with van der Waals surface area (Å²) in [5.41, 5.74) is 0.0909. The molecule has 0 bridgehead atoms. The van der Waals surface area contributed by atoms with E-state index < -0.39 is 5.97 Å². The topological polar surface area (TPSA) is 79.6 Å². The zero-order chi connectivity index (χ0) is 14.4. The molecule has 0 aliphatic rings. The predicted molar refractivity (Wildman–Crippen MR) is 72.6 cm³/mol. The van der Waals surface area contributed by atoms with Gasteiger partial charge in [-0.05, 0) is 25.1 Å². The number of rotatable bonds is 4. The highest BCUT2D eigenvalue weighted by Gasteiger charge is 2.13. The van der Waals surface area contributed by atoms with E-state index >= 15 is 0 Å². The standard InChI is InChI=1S/C13H12BrNO4/c1-3-19-13(17)9(7-15)4-8-5-10(14)6-11(18-2)12(8)16/h4-6,16H,3H2,1-2H3/b9-4+. The Bertz CT molecular complexity index is 560. The average molecular weight is 326 g/mol. The molecule has 0 amide bonds. The van der Waals surface area contributed by atoms with Crippen molar-refractivity contribution >= 4 is 28.0 Å². The van der Waals surface area contributed by atoms with E-state index in [-0.39, 0.29) is 29.2 Å². The van der Waals surface area contributed by atoms with E-state index in [1.807, 2.05) is 0 Å². The summed E-state index contributed by atoms with van der Waals surface area (Å²) in [6.07, 6.45) is 1.25. The third-order valence-electron chi connectivity index (χ3n) is 2.20. The van der Waals surface area contributed by atoms with Gasteiger partial charge in [0.25, 0.3) is 0 Å². The van der Waals surface area contributed by atoms with E-state index in [9.17, 15) is 9.90 Å². The molecular formula is C13H12BrNO4. The number of ether oxygens (including phenoxy) is 2. The number of hydrogen-bond donors (Lipinski definition) is 1. The Hall–Kier alpha value is -2.00. The molecule has 0 radical (unpaired) electrons. The van der Waals surface area contributed by atoms with Crippen LogP contribution < -0.4 is 4.74 Å². The average Bonchev–Trinajstić information content (AvgIpc) is 2.39. The van der Waals surface area contributed by atoms with Crippen molar-refractivity contribution < 1.29 is 19.4 Å². The summed E-state index contributed by atoms with van der Waals surface area (Å²) in [6, 6.07) is 4.88. The number of nitriles is 1. The van der Waals surface area contributed by atoms with Crippen molar-refractivity contribution in [3.05, 3.63) is 27.7 Å². The second kappa shape index (κ2) is 6.81. The Morgan fingerprint density at radius 2 is 2.26 bits per heavy atom. The maximum Gasteiger partial charge on any atom is 0.348 e.